The van der Waals surface area contributed by atoms with Crippen LogP contribution in [0.25, 0.3) is 0 Å². The monoisotopic (exact) mass is 475 g/mol. The molecule has 2 aromatic rings. The molecule has 0 atom stereocenters. The summed E-state index contributed by atoms with van der Waals surface area (Å²) in [5.74, 6) is 0.750. The lowest BCUT2D eigenvalue weighted by atomic mass is 10.1. The zero-order chi connectivity index (χ0) is 24.0. The Morgan fingerprint density at radius 2 is 1.85 bits per heavy atom. The molecule has 0 aromatic heterocycles. The Morgan fingerprint density at radius 3 is 2.58 bits per heavy atom. The maximum absolute atomic E-state index is 13.0. The van der Waals surface area contributed by atoms with Crippen LogP contribution in [0.1, 0.15) is 24.0 Å². The van der Waals surface area contributed by atoms with E-state index in [9.17, 15) is 18.0 Å². The molecule has 2 N–H and O–H groups in total. The summed E-state index contributed by atoms with van der Waals surface area (Å²) in [5.41, 5.74) is 2.35. The van der Waals surface area contributed by atoms with Gasteiger partial charge in [0.15, 0.2) is 11.5 Å². The number of methoxy groups -OCH3 is 2. The van der Waals surface area contributed by atoms with E-state index < -0.39 is 15.9 Å². The molecule has 10 heteroatoms. The molecule has 0 bridgehead atoms. The number of sulfonamides is 1. The summed E-state index contributed by atoms with van der Waals surface area (Å²) in [5, 5.41) is 5.54. The van der Waals surface area contributed by atoms with Crippen LogP contribution in [-0.4, -0.2) is 58.9 Å². The van der Waals surface area contributed by atoms with Crippen LogP contribution in [-0.2, 0) is 32.5 Å². The predicted octanol–water partition coefficient (Wildman–Crippen LogP) is 1.96. The van der Waals surface area contributed by atoms with Crippen molar-refractivity contribution in [1.82, 2.24) is 9.62 Å². The molecule has 0 radical (unpaired) electrons. The third-order valence-electron chi connectivity index (χ3n) is 5.46. The van der Waals surface area contributed by atoms with Gasteiger partial charge in [-0.15, -0.1) is 0 Å². The molecule has 0 spiro atoms. The van der Waals surface area contributed by atoms with Gasteiger partial charge in [-0.25, -0.2) is 8.42 Å². The Balaban J connectivity index is 1.58. The number of anilines is 1. The second kappa shape index (κ2) is 10.7. The molecular weight excluding hydrogens is 446 g/mol. The van der Waals surface area contributed by atoms with E-state index in [2.05, 4.69) is 10.6 Å². The van der Waals surface area contributed by atoms with Crippen molar-refractivity contribution in [3.63, 3.8) is 0 Å². The zero-order valence-electron chi connectivity index (χ0n) is 19.0. The van der Waals surface area contributed by atoms with Crippen LogP contribution in [0.4, 0.5) is 5.69 Å². The number of fused-ring (bicyclic) bond motifs is 1. The second-order valence-electron chi connectivity index (χ2n) is 7.77. The van der Waals surface area contributed by atoms with Gasteiger partial charge in [0.2, 0.25) is 21.8 Å². The number of hydrogen-bond donors (Lipinski definition) is 2. The van der Waals surface area contributed by atoms with Gasteiger partial charge in [0.1, 0.15) is 0 Å². The topological polar surface area (TPSA) is 114 Å². The molecule has 1 aliphatic heterocycles. The molecule has 0 saturated heterocycles. The fourth-order valence-corrected chi connectivity index (χ4v) is 4.80. The van der Waals surface area contributed by atoms with Crippen LogP contribution >= 0.6 is 0 Å². The lowest BCUT2D eigenvalue weighted by molar-refractivity contribution is -0.121. The van der Waals surface area contributed by atoms with Crippen LogP contribution in [0.5, 0.6) is 11.5 Å². The summed E-state index contributed by atoms with van der Waals surface area (Å²) in [6.07, 6.45) is 2.22. The van der Waals surface area contributed by atoms with Crippen LogP contribution in [0.3, 0.4) is 0 Å². The number of amides is 2. The molecule has 3 rings (SSSR count). The number of aryl methyl sites for hydroxylation is 1. The molecule has 178 valence electrons. The molecule has 1 heterocycles. The highest BCUT2D eigenvalue weighted by Crippen LogP contribution is 2.28. The summed E-state index contributed by atoms with van der Waals surface area (Å²) in [6.45, 7) is 0.0445. The van der Waals surface area contributed by atoms with Crippen LogP contribution in [0.15, 0.2) is 41.3 Å². The second-order valence-corrected chi connectivity index (χ2v) is 9.82. The maximum Gasteiger partial charge on any atom is 0.243 e. The highest BCUT2D eigenvalue weighted by Gasteiger charge is 2.24. The minimum atomic E-state index is -3.86. The van der Waals surface area contributed by atoms with Gasteiger partial charge in [0.25, 0.3) is 0 Å². The molecular formula is C23H29N3O6S. The number of likely N-dealkylation sites (N-methyl/N-ethyl adjacent to an activating group) is 1. The van der Waals surface area contributed by atoms with Crippen molar-refractivity contribution >= 4 is 27.5 Å². The number of hydrogen-bond acceptors (Lipinski definition) is 6. The molecule has 33 heavy (non-hydrogen) atoms. The first-order chi connectivity index (χ1) is 15.7. The summed E-state index contributed by atoms with van der Waals surface area (Å²) in [6, 6.07) is 10.1. The Morgan fingerprint density at radius 1 is 1.09 bits per heavy atom. The van der Waals surface area contributed by atoms with Gasteiger partial charge < -0.3 is 20.1 Å². The van der Waals surface area contributed by atoms with Crippen molar-refractivity contribution in [2.24, 2.45) is 0 Å². The van der Waals surface area contributed by atoms with Gasteiger partial charge in [-0.1, -0.05) is 6.07 Å². The standard InChI is InChI=1S/C23H29N3O6S/c1-26(15-23(28)24-12-11-16-7-10-20(31-2)21(13-16)32-3)33(29,30)18-8-9-19-17(14-18)5-4-6-22(27)25-19/h7-10,13-14H,4-6,11-12,15H2,1-3H3,(H,24,28)(H,25,27). The molecule has 0 fully saturated rings. The van der Waals surface area contributed by atoms with E-state index in [1.54, 1.807) is 32.4 Å². The van der Waals surface area contributed by atoms with Crippen LogP contribution < -0.4 is 20.1 Å². The van der Waals surface area contributed by atoms with Crippen molar-refractivity contribution < 1.29 is 27.5 Å². The smallest absolute Gasteiger partial charge is 0.243 e. The number of ether oxygens (including phenoxy) is 2. The quantitative estimate of drug-likeness (QED) is 0.573. The number of benzene rings is 2. The Bertz CT molecular complexity index is 1130. The summed E-state index contributed by atoms with van der Waals surface area (Å²) < 4.78 is 37.4. The molecule has 2 aromatic carbocycles. The van der Waals surface area contributed by atoms with E-state index in [1.807, 2.05) is 12.1 Å². The molecule has 0 aliphatic carbocycles. The van der Waals surface area contributed by atoms with Crippen molar-refractivity contribution in [3.8, 4) is 11.5 Å². The van der Waals surface area contributed by atoms with Gasteiger partial charge in [-0.05, 0) is 60.7 Å². The molecule has 0 unspecified atom stereocenters. The highest BCUT2D eigenvalue weighted by atomic mass is 32.2. The summed E-state index contributed by atoms with van der Waals surface area (Å²) in [4.78, 5) is 24.1. The first-order valence-corrected chi connectivity index (χ1v) is 12.1. The maximum atomic E-state index is 13.0. The predicted molar refractivity (Wildman–Crippen MR) is 124 cm³/mol. The van der Waals surface area contributed by atoms with Gasteiger partial charge in [0, 0.05) is 25.7 Å². The number of carbonyl (C=O) groups excluding carboxylic acids is 2. The lowest BCUT2D eigenvalue weighted by Crippen LogP contribution is -2.39. The van der Waals surface area contributed by atoms with E-state index in [-0.39, 0.29) is 17.3 Å². The van der Waals surface area contributed by atoms with E-state index in [0.717, 1.165) is 15.4 Å². The third kappa shape index (κ3) is 6.02. The first-order valence-electron chi connectivity index (χ1n) is 10.6. The number of carbonyl (C=O) groups is 2. The fraction of sp³-hybridized carbons (Fsp3) is 0.391. The van der Waals surface area contributed by atoms with Gasteiger partial charge in [-0.2, -0.15) is 4.31 Å². The SMILES string of the molecule is COc1ccc(CCNC(=O)CN(C)S(=O)(=O)c2ccc3c(c2)CCCC(=O)N3)cc1OC. The van der Waals surface area contributed by atoms with Crippen LogP contribution in [0, 0.1) is 0 Å². The Labute approximate surface area is 194 Å². The van der Waals surface area contributed by atoms with E-state index in [0.29, 0.717) is 49.4 Å². The largest absolute Gasteiger partial charge is 0.493 e. The Hall–Kier alpha value is -3.11. The lowest BCUT2D eigenvalue weighted by Gasteiger charge is -2.18. The van der Waals surface area contributed by atoms with Crippen molar-refractivity contribution in [2.45, 2.75) is 30.6 Å². The normalized spacial score (nSPS) is 13.6. The number of nitrogens with zero attached hydrogens (tertiary/aromatic N) is 1. The van der Waals surface area contributed by atoms with Crippen molar-refractivity contribution in [3.05, 3.63) is 47.5 Å². The molecule has 2 amide bonds. The fourth-order valence-electron chi connectivity index (χ4n) is 3.62. The molecule has 0 saturated carbocycles. The van der Waals surface area contributed by atoms with E-state index in [4.69, 9.17) is 9.47 Å². The summed E-state index contributed by atoms with van der Waals surface area (Å²) >= 11 is 0. The van der Waals surface area contributed by atoms with Crippen LogP contribution in [0.2, 0.25) is 0 Å². The minimum Gasteiger partial charge on any atom is -0.493 e. The third-order valence-corrected chi connectivity index (χ3v) is 7.26. The number of rotatable bonds is 9. The molecule has 1 aliphatic rings. The highest BCUT2D eigenvalue weighted by molar-refractivity contribution is 7.89. The van der Waals surface area contributed by atoms with Gasteiger partial charge >= 0.3 is 0 Å². The van der Waals surface area contributed by atoms with Crippen molar-refractivity contribution in [1.29, 1.82) is 0 Å². The van der Waals surface area contributed by atoms with Gasteiger partial charge in [-0.3, -0.25) is 9.59 Å². The van der Waals surface area contributed by atoms with E-state index >= 15 is 0 Å². The minimum absolute atomic E-state index is 0.0776. The average molecular weight is 476 g/mol. The Kier molecular flexibility index (Phi) is 7.93. The number of nitrogens with one attached hydrogen (secondary N) is 2. The van der Waals surface area contributed by atoms with Crippen molar-refractivity contribution in [2.75, 3.05) is 39.7 Å². The first kappa shape index (κ1) is 24.5. The van der Waals surface area contributed by atoms with E-state index in [1.165, 1.54) is 13.1 Å². The van der Waals surface area contributed by atoms with Gasteiger partial charge in [0.05, 0.1) is 25.7 Å². The molecule has 9 nitrogen and oxygen atoms in total. The summed E-state index contributed by atoms with van der Waals surface area (Å²) in [7, 11) is 0.631. The zero-order valence-corrected chi connectivity index (χ0v) is 19.8. The average Bonchev–Trinajstić information content (AvgIpc) is 2.98.